The number of hydrogen-bond donors (Lipinski definition) is 2. The van der Waals surface area contributed by atoms with E-state index >= 15 is 0 Å². The second-order valence-corrected chi connectivity index (χ2v) is 11.7. The molecule has 216 valence electrons. The van der Waals surface area contributed by atoms with Gasteiger partial charge in [0.25, 0.3) is 0 Å². The number of rotatable bonds is 13. The van der Waals surface area contributed by atoms with Crippen LogP contribution in [0.4, 0.5) is 0 Å². The molecule has 0 aromatic heterocycles. The van der Waals surface area contributed by atoms with Crippen LogP contribution in [0, 0.1) is 11.8 Å². The van der Waals surface area contributed by atoms with Crippen molar-refractivity contribution in [3.63, 3.8) is 0 Å². The van der Waals surface area contributed by atoms with Gasteiger partial charge in [-0.25, -0.2) is 0 Å². The Bertz CT molecular complexity index is 1420. The summed E-state index contributed by atoms with van der Waals surface area (Å²) in [4.78, 5) is 0. The number of nitrogens with two attached hydrogens (primary N) is 1. The molecular weight excluding hydrogens is 496 g/mol. The molecule has 2 heteroatoms. The Morgan fingerprint density at radius 3 is 2.46 bits per heavy atom. The predicted molar refractivity (Wildman–Crippen MR) is 180 cm³/mol. The molecule has 0 saturated heterocycles. The molecule has 0 bridgehead atoms. The van der Waals surface area contributed by atoms with Crippen molar-refractivity contribution in [2.24, 2.45) is 17.6 Å². The molecule has 0 spiro atoms. The molecule has 3 aliphatic rings. The quantitative estimate of drug-likeness (QED) is 0.198. The number of nitrogens with one attached hydrogen (secondary N) is 1. The summed E-state index contributed by atoms with van der Waals surface area (Å²) in [5, 5.41) is 6.35. The Morgan fingerprint density at radius 2 is 1.85 bits per heavy atom. The molecular formula is C39H50N2. The fourth-order valence-electron chi connectivity index (χ4n) is 6.73. The summed E-state index contributed by atoms with van der Waals surface area (Å²) in [7, 11) is 0. The zero-order valence-corrected chi connectivity index (χ0v) is 25.6. The van der Waals surface area contributed by atoms with E-state index < -0.39 is 0 Å². The maximum Gasteiger partial charge on any atom is 0.0313 e. The lowest BCUT2D eigenvalue weighted by Gasteiger charge is -2.25. The minimum atomic E-state index is 0.413. The van der Waals surface area contributed by atoms with Crippen molar-refractivity contribution < 1.29 is 0 Å². The molecule has 2 aliphatic carbocycles. The van der Waals surface area contributed by atoms with Crippen molar-refractivity contribution in [3.8, 4) is 0 Å². The molecule has 0 saturated carbocycles. The summed E-state index contributed by atoms with van der Waals surface area (Å²) in [5.41, 5.74) is 15.7. The molecule has 1 aromatic carbocycles. The topological polar surface area (TPSA) is 38.0 Å². The van der Waals surface area contributed by atoms with Crippen LogP contribution in [0.5, 0.6) is 0 Å². The molecule has 41 heavy (non-hydrogen) atoms. The molecule has 1 aromatic rings. The van der Waals surface area contributed by atoms with Gasteiger partial charge in [-0.1, -0.05) is 117 Å². The van der Waals surface area contributed by atoms with E-state index in [1.54, 1.807) is 5.57 Å². The Kier molecular flexibility index (Phi) is 11.4. The zero-order chi connectivity index (χ0) is 29.2. The highest BCUT2D eigenvalue weighted by atomic mass is 14.9. The average Bonchev–Trinajstić information content (AvgIpc) is 3.55. The van der Waals surface area contributed by atoms with Gasteiger partial charge in [0.15, 0.2) is 0 Å². The molecule has 0 amide bonds. The van der Waals surface area contributed by atoms with Crippen molar-refractivity contribution in [3.05, 3.63) is 130 Å². The standard InChI is InChI=1S/C39H50N2/c1-6-12-33(26-29(5)39-16-11-25-41-39)36-24-23-35(37-14-9-10-15-38(36)37)28(4)17-18-30(8-3)31-19-21-32(22-20-31)34(27-40)13-7-2/h6-7,9-16,19,21,26,29-30,39,41H,2,4,8,17-18,20,22-25,27,40H2,1,3,5H3/b12-6-,33-26+,34-13+. The summed E-state index contributed by atoms with van der Waals surface area (Å²) in [5.74, 6) is 1.03. The number of hydrogen-bond acceptors (Lipinski definition) is 2. The third-order valence-electron chi connectivity index (χ3n) is 9.09. The first-order valence-electron chi connectivity index (χ1n) is 15.7. The van der Waals surface area contributed by atoms with Crippen LogP contribution in [0.15, 0.2) is 120 Å². The van der Waals surface area contributed by atoms with Gasteiger partial charge in [0.2, 0.25) is 0 Å². The van der Waals surface area contributed by atoms with Crippen molar-refractivity contribution in [2.75, 3.05) is 13.1 Å². The van der Waals surface area contributed by atoms with Crippen LogP contribution in [0.25, 0.3) is 11.1 Å². The minimum Gasteiger partial charge on any atom is -0.326 e. The first kappa shape index (κ1) is 30.8. The van der Waals surface area contributed by atoms with Crippen molar-refractivity contribution in [1.29, 1.82) is 0 Å². The summed E-state index contributed by atoms with van der Waals surface area (Å²) >= 11 is 0. The van der Waals surface area contributed by atoms with E-state index in [4.69, 9.17) is 5.73 Å². The van der Waals surface area contributed by atoms with Crippen LogP contribution < -0.4 is 21.5 Å². The summed E-state index contributed by atoms with van der Waals surface area (Å²) in [6, 6.07) is 9.41. The maximum atomic E-state index is 5.98. The minimum absolute atomic E-state index is 0.413. The summed E-state index contributed by atoms with van der Waals surface area (Å²) < 4.78 is 0. The van der Waals surface area contributed by atoms with E-state index in [1.165, 1.54) is 50.3 Å². The van der Waals surface area contributed by atoms with Gasteiger partial charge in [0.05, 0.1) is 0 Å². The molecule has 0 fully saturated rings. The number of fused-ring (bicyclic) bond motifs is 1. The van der Waals surface area contributed by atoms with Gasteiger partial charge < -0.3 is 11.1 Å². The number of benzene rings is 1. The number of allylic oxidation sites excluding steroid dienone is 9. The highest BCUT2D eigenvalue weighted by Crippen LogP contribution is 2.34. The van der Waals surface area contributed by atoms with Gasteiger partial charge in [0.1, 0.15) is 0 Å². The molecule has 1 heterocycles. The Hall–Kier alpha value is -3.20. The SMILES string of the molecule is C=C/C=C(\CN)C1=CC=C(C(CC)CCC(=C)C2=c3ccccc3=C(C(/C=C\C)=C/C(C)C3C=CCN3)CC2)CC1. The lowest BCUT2D eigenvalue weighted by atomic mass is 9.80. The van der Waals surface area contributed by atoms with Gasteiger partial charge in [-0.05, 0) is 102 Å². The van der Waals surface area contributed by atoms with E-state index in [1.807, 2.05) is 6.08 Å². The van der Waals surface area contributed by atoms with Crippen LogP contribution in [0.1, 0.15) is 65.7 Å². The van der Waals surface area contributed by atoms with Crippen LogP contribution in [-0.2, 0) is 0 Å². The smallest absolute Gasteiger partial charge is 0.0313 e. The van der Waals surface area contributed by atoms with Gasteiger partial charge in [-0.15, -0.1) is 0 Å². The van der Waals surface area contributed by atoms with Crippen molar-refractivity contribution in [2.45, 2.75) is 71.8 Å². The third-order valence-corrected chi connectivity index (χ3v) is 9.09. The monoisotopic (exact) mass is 546 g/mol. The van der Waals surface area contributed by atoms with E-state index in [9.17, 15) is 0 Å². The van der Waals surface area contributed by atoms with E-state index in [0.717, 1.165) is 45.1 Å². The fourth-order valence-corrected chi connectivity index (χ4v) is 6.73. The normalized spacial score (nSPS) is 21.0. The molecule has 3 unspecified atom stereocenters. The second kappa shape index (κ2) is 15.1. The van der Waals surface area contributed by atoms with Gasteiger partial charge in [0, 0.05) is 19.1 Å². The molecule has 3 N–H and O–H groups in total. The van der Waals surface area contributed by atoms with Crippen molar-refractivity contribution in [1.82, 2.24) is 5.32 Å². The molecule has 4 rings (SSSR count). The average molecular weight is 547 g/mol. The van der Waals surface area contributed by atoms with E-state index in [2.05, 4.69) is 112 Å². The van der Waals surface area contributed by atoms with Gasteiger partial charge in [-0.2, -0.15) is 0 Å². The second-order valence-electron chi connectivity index (χ2n) is 11.7. The molecule has 1 aliphatic heterocycles. The van der Waals surface area contributed by atoms with Crippen LogP contribution in [-0.4, -0.2) is 19.1 Å². The van der Waals surface area contributed by atoms with Gasteiger partial charge >= 0.3 is 0 Å². The molecule has 0 radical (unpaired) electrons. The Morgan fingerprint density at radius 1 is 1.10 bits per heavy atom. The predicted octanol–water partition coefficient (Wildman–Crippen LogP) is 7.53. The Labute approximate surface area is 248 Å². The zero-order valence-electron chi connectivity index (χ0n) is 25.6. The van der Waals surface area contributed by atoms with Crippen LogP contribution in [0.3, 0.4) is 0 Å². The Balaban J connectivity index is 1.57. The third kappa shape index (κ3) is 7.56. The summed E-state index contributed by atoms with van der Waals surface area (Å²) in [6.45, 7) is 16.8. The largest absolute Gasteiger partial charge is 0.326 e. The molecule has 2 nitrogen and oxygen atoms in total. The maximum absolute atomic E-state index is 5.98. The van der Waals surface area contributed by atoms with Gasteiger partial charge in [-0.3, -0.25) is 0 Å². The van der Waals surface area contributed by atoms with E-state index in [-0.39, 0.29) is 0 Å². The lowest BCUT2D eigenvalue weighted by molar-refractivity contribution is 0.522. The lowest BCUT2D eigenvalue weighted by Crippen LogP contribution is -2.33. The summed E-state index contributed by atoms with van der Waals surface area (Å²) in [6.07, 6.45) is 27.7. The highest BCUT2D eigenvalue weighted by Gasteiger charge is 2.21. The molecule has 3 atom stereocenters. The van der Waals surface area contributed by atoms with Crippen LogP contribution >= 0.6 is 0 Å². The highest BCUT2D eigenvalue weighted by molar-refractivity contribution is 5.76. The first-order chi connectivity index (χ1) is 20.0. The van der Waals surface area contributed by atoms with Crippen molar-refractivity contribution >= 4 is 11.1 Å². The fraction of sp³-hybridized carbons (Fsp3) is 0.385. The van der Waals surface area contributed by atoms with Crippen LogP contribution in [0.2, 0.25) is 0 Å². The van der Waals surface area contributed by atoms with E-state index in [0.29, 0.717) is 24.4 Å². The first-order valence-corrected chi connectivity index (χ1v) is 15.7.